The van der Waals surface area contributed by atoms with Gasteiger partial charge in [0.25, 0.3) is 0 Å². The van der Waals surface area contributed by atoms with E-state index in [0.717, 1.165) is 6.42 Å². The van der Waals surface area contributed by atoms with E-state index >= 15 is 0 Å². The summed E-state index contributed by atoms with van der Waals surface area (Å²) in [5.74, 6) is -2.04. The normalized spacial score (nSPS) is 22.9. The minimum atomic E-state index is -0.840. The fraction of sp³-hybridized carbons (Fsp3) is 0.786. The average molecular weight is 284 g/mol. The third kappa shape index (κ3) is 5.59. The molecule has 0 unspecified atom stereocenters. The SMILES string of the molecule is CC(C)(C)NC(=O)CNC(=O)[C@H]1CCC[C@H](C(=O)O)C1. The number of rotatable bonds is 4. The summed E-state index contributed by atoms with van der Waals surface area (Å²) in [5.41, 5.74) is -0.332. The van der Waals surface area contributed by atoms with Gasteiger partial charge in [-0.2, -0.15) is 0 Å². The zero-order valence-corrected chi connectivity index (χ0v) is 12.4. The van der Waals surface area contributed by atoms with Crippen molar-refractivity contribution >= 4 is 17.8 Å². The molecule has 2 atom stereocenters. The molecule has 1 aliphatic rings. The van der Waals surface area contributed by atoms with Crippen molar-refractivity contribution in [1.29, 1.82) is 0 Å². The van der Waals surface area contributed by atoms with Gasteiger partial charge in [0.1, 0.15) is 0 Å². The quantitative estimate of drug-likeness (QED) is 0.715. The van der Waals surface area contributed by atoms with E-state index in [1.54, 1.807) is 0 Å². The Hall–Kier alpha value is -1.59. The Labute approximate surface area is 119 Å². The number of hydrogen-bond acceptors (Lipinski definition) is 3. The van der Waals surface area contributed by atoms with Crippen molar-refractivity contribution in [2.45, 2.75) is 52.0 Å². The highest BCUT2D eigenvalue weighted by atomic mass is 16.4. The van der Waals surface area contributed by atoms with Gasteiger partial charge in [-0.1, -0.05) is 6.42 Å². The lowest BCUT2D eigenvalue weighted by molar-refractivity contribution is -0.144. The molecule has 0 aromatic rings. The first-order valence-corrected chi connectivity index (χ1v) is 7.00. The molecule has 1 fully saturated rings. The molecule has 0 aromatic carbocycles. The Balaban J connectivity index is 2.39. The molecule has 6 heteroatoms. The third-order valence-electron chi connectivity index (χ3n) is 3.33. The van der Waals surface area contributed by atoms with Crippen LogP contribution in [0.15, 0.2) is 0 Å². The van der Waals surface area contributed by atoms with Gasteiger partial charge < -0.3 is 15.7 Å². The third-order valence-corrected chi connectivity index (χ3v) is 3.33. The van der Waals surface area contributed by atoms with Crippen LogP contribution in [0.3, 0.4) is 0 Å². The summed E-state index contributed by atoms with van der Waals surface area (Å²) in [6.07, 6.45) is 2.42. The van der Waals surface area contributed by atoms with Crippen molar-refractivity contribution in [2.24, 2.45) is 11.8 Å². The molecular formula is C14H24N2O4. The van der Waals surface area contributed by atoms with Gasteiger partial charge in [-0.15, -0.1) is 0 Å². The Kier molecular flexibility index (Phi) is 5.53. The van der Waals surface area contributed by atoms with Gasteiger partial charge in [-0.3, -0.25) is 14.4 Å². The largest absolute Gasteiger partial charge is 0.481 e. The molecule has 0 bridgehead atoms. The van der Waals surface area contributed by atoms with Gasteiger partial charge in [-0.05, 0) is 40.0 Å². The molecular weight excluding hydrogens is 260 g/mol. The molecule has 6 nitrogen and oxygen atoms in total. The van der Waals surface area contributed by atoms with Gasteiger partial charge in [0.15, 0.2) is 0 Å². The molecule has 0 radical (unpaired) electrons. The van der Waals surface area contributed by atoms with E-state index < -0.39 is 11.9 Å². The van der Waals surface area contributed by atoms with Crippen LogP contribution >= 0.6 is 0 Å². The number of carbonyl (C=O) groups excluding carboxylic acids is 2. The van der Waals surface area contributed by atoms with Crippen LogP contribution in [-0.4, -0.2) is 35.0 Å². The van der Waals surface area contributed by atoms with Crippen LogP contribution in [-0.2, 0) is 14.4 Å². The highest BCUT2D eigenvalue weighted by Crippen LogP contribution is 2.29. The monoisotopic (exact) mass is 284 g/mol. The molecule has 0 aromatic heterocycles. The molecule has 114 valence electrons. The van der Waals surface area contributed by atoms with E-state index in [1.165, 1.54) is 0 Å². The highest BCUT2D eigenvalue weighted by Gasteiger charge is 2.31. The van der Waals surface area contributed by atoms with Gasteiger partial charge in [-0.25, -0.2) is 0 Å². The van der Waals surface area contributed by atoms with Crippen LogP contribution < -0.4 is 10.6 Å². The van der Waals surface area contributed by atoms with Crippen molar-refractivity contribution in [2.75, 3.05) is 6.54 Å². The van der Waals surface area contributed by atoms with Crippen molar-refractivity contribution in [3.8, 4) is 0 Å². The van der Waals surface area contributed by atoms with Gasteiger partial charge >= 0.3 is 5.97 Å². The van der Waals surface area contributed by atoms with E-state index in [2.05, 4.69) is 10.6 Å². The van der Waals surface area contributed by atoms with Crippen LogP contribution in [0.5, 0.6) is 0 Å². The predicted molar refractivity (Wildman–Crippen MR) is 74.0 cm³/mol. The second kappa shape index (κ2) is 6.72. The number of carboxylic acid groups (broad SMARTS) is 1. The zero-order chi connectivity index (χ0) is 15.3. The Morgan fingerprint density at radius 1 is 1.15 bits per heavy atom. The topological polar surface area (TPSA) is 95.5 Å². The minimum Gasteiger partial charge on any atom is -0.481 e. The first-order valence-electron chi connectivity index (χ1n) is 7.00. The summed E-state index contributed by atoms with van der Waals surface area (Å²) >= 11 is 0. The second-order valence-electron chi connectivity index (χ2n) is 6.41. The van der Waals surface area contributed by atoms with E-state index in [0.29, 0.717) is 19.3 Å². The standard InChI is InChI=1S/C14H24N2O4/c1-14(2,3)16-11(17)8-15-12(18)9-5-4-6-10(7-9)13(19)20/h9-10H,4-8H2,1-3H3,(H,15,18)(H,16,17)(H,19,20)/t9-,10-/m0/s1. The maximum Gasteiger partial charge on any atom is 0.306 e. The summed E-state index contributed by atoms with van der Waals surface area (Å²) in [7, 11) is 0. The number of carbonyl (C=O) groups is 3. The summed E-state index contributed by atoms with van der Waals surface area (Å²) in [4.78, 5) is 34.5. The molecule has 1 rings (SSSR count). The Bertz CT molecular complexity index is 387. The van der Waals surface area contributed by atoms with Crippen LogP contribution in [0.1, 0.15) is 46.5 Å². The van der Waals surface area contributed by atoms with Gasteiger partial charge in [0, 0.05) is 11.5 Å². The number of hydrogen-bond donors (Lipinski definition) is 3. The molecule has 3 N–H and O–H groups in total. The molecule has 0 spiro atoms. The van der Waals surface area contributed by atoms with Crippen molar-refractivity contribution in [3.63, 3.8) is 0 Å². The van der Waals surface area contributed by atoms with E-state index in [9.17, 15) is 14.4 Å². The summed E-state index contributed by atoms with van der Waals surface area (Å²) in [6, 6.07) is 0. The molecule has 20 heavy (non-hydrogen) atoms. The fourth-order valence-corrected chi connectivity index (χ4v) is 2.43. The summed E-state index contributed by atoms with van der Waals surface area (Å²) in [6.45, 7) is 5.53. The average Bonchev–Trinajstić information content (AvgIpc) is 2.34. The predicted octanol–water partition coefficient (Wildman–Crippen LogP) is 0.908. The maximum absolute atomic E-state index is 12.0. The zero-order valence-electron chi connectivity index (χ0n) is 12.4. The van der Waals surface area contributed by atoms with Gasteiger partial charge in [0.05, 0.1) is 12.5 Å². The van der Waals surface area contributed by atoms with Crippen LogP contribution in [0, 0.1) is 11.8 Å². The van der Waals surface area contributed by atoms with Crippen LogP contribution in [0.25, 0.3) is 0 Å². The minimum absolute atomic E-state index is 0.0651. The van der Waals surface area contributed by atoms with E-state index in [4.69, 9.17) is 5.11 Å². The number of aliphatic carboxylic acids is 1. The Morgan fingerprint density at radius 2 is 1.75 bits per heavy atom. The molecule has 0 saturated heterocycles. The molecule has 1 aliphatic carbocycles. The first-order chi connectivity index (χ1) is 9.19. The van der Waals surface area contributed by atoms with Crippen LogP contribution in [0.2, 0.25) is 0 Å². The van der Waals surface area contributed by atoms with Crippen molar-refractivity contribution < 1.29 is 19.5 Å². The lowest BCUT2D eigenvalue weighted by atomic mass is 9.81. The van der Waals surface area contributed by atoms with Crippen molar-refractivity contribution in [3.05, 3.63) is 0 Å². The van der Waals surface area contributed by atoms with Crippen LogP contribution in [0.4, 0.5) is 0 Å². The smallest absolute Gasteiger partial charge is 0.306 e. The number of carboxylic acids is 1. The number of amides is 2. The summed E-state index contributed by atoms with van der Waals surface area (Å²) < 4.78 is 0. The Morgan fingerprint density at radius 3 is 2.30 bits per heavy atom. The summed E-state index contributed by atoms with van der Waals surface area (Å²) in [5, 5.41) is 14.3. The molecule has 2 amide bonds. The second-order valence-corrected chi connectivity index (χ2v) is 6.41. The van der Waals surface area contributed by atoms with E-state index in [-0.39, 0.29) is 29.8 Å². The maximum atomic E-state index is 12.0. The first kappa shape index (κ1) is 16.5. The lowest BCUT2D eigenvalue weighted by Crippen LogP contribution is -2.47. The van der Waals surface area contributed by atoms with Crippen molar-refractivity contribution in [1.82, 2.24) is 10.6 Å². The van der Waals surface area contributed by atoms with Gasteiger partial charge in [0.2, 0.25) is 11.8 Å². The number of nitrogens with one attached hydrogen (secondary N) is 2. The lowest BCUT2D eigenvalue weighted by Gasteiger charge is -2.26. The fourth-order valence-electron chi connectivity index (χ4n) is 2.43. The van der Waals surface area contributed by atoms with E-state index in [1.807, 2.05) is 20.8 Å². The molecule has 0 heterocycles. The highest BCUT2D eigenvalue weighted by molar-refractivity contribution is 5.86. The molecule has 1 saturated carbocycles. The molecule has 0 aliphatic heterocycles.